The molecule has 2 rings (SSSR count). The number of aliphatic hydroxyl groups is 1. The third-order valence-corrected chi connectivity index (χ3v) is 9.71. The zero-order valence-corrected chi connectivity index (χ0v) is 30.4. The highest BCUT2D eigenvalue weighted by Crippen LogP contribution is 2.28. The molecule has 1 saturated heterocycles. The number of likely N-dealkylation sites (N-methyl/N-ethyl adjacent to an activating group) is 1. The van der Waals surface area contributed by atoms with Crippen LogP contribution < -0.4 is 27.0 Å². The number of nitrogens with two attached hydrogens (primary N) is 1. The first-order valence-corrected chi connectivity index (χ1v) is 18.2. The van der Waals surface area contributed by atoms with Gasteiger partial charge in [-0.2, -0.15) is 0 Å². The molecule has 13 heteroatoms. The van der Waals surface area contributed by atoms with Crippen LogP contribution in [0, 0.1) is 17.8 Å². The van der Waals surface area contributed by atoms with E-state index in [4.69, 9.17) is 10.5 Å². The van der Waals surface area contributed by atoms with Gasteiger partial charge in [0.2, 0.25) is 29.5 Å². The van der Waals surface area contributed by atoms with Gasteiger partial charge in [-0.05, 0) is 51.4 Å². The van der Waals surface area contributed by atoms with Gasteiger partial charge in [0, 0.05) is 20.1 Å². The molecule has 276 valence electrons. The van der Waals surface area contributed by atoms with E-state index in [0.29, 0.717) is 12.8 Å². The fourth-order valence-corrected chi connectivity index (χ4v) is 6.70. The Bertz CT molecular complexity index is 1050. The third-order valence-electron chi connectivity index (χ3n) is 9.71. The van der Waals surface area contributed by atoms with Gasteiger partial charge in [-0.25, -0.2) is 0 Å². The quantitative estimate of drug-likeness (QED) is 0.188. The Morgan fingerprint density at radius 2 is 1.56 bits per heavy atom. The normalized spacial score (nSPS) is 30.4. The van der Waals surface area contributed by atoms with E-state index in [1.165, 1.54) is 11.8 Å². The molecule has 5 amide bonds. The van der Waals surface area contributed by atoms with Crippen LogP contribution in [0.4, 0.5) is 0 Å². The number of rotatable bonds is 10. The minimum Gasteiger partial charge on any atom is -0.391 e. The van der Waals surface area contributed by atoms with Gasteiger partial charge in [0.05, 0.1) is 24.2 Å². The zero-order valence-electron chi connectivity index (χ0n) is 30.4. The van der Waals surface area contributed by atoms with Crippen molar-refractivity contribution in [2.75, 3.05) is 20.1 Å². The van der Waals surface area contributed by atoms with Gasteiger partial charge in [0.15, 0.2) is 0 Å². The van der Waals surface area contributed by atoms with Crippen LogP contribution in [0.1, 0.15) is 112 Å². The molecule has 0 aromatic heterocycles. The second kappa shape index (κ2) is 20.7. The van der Waals surface area contributed by atoms with Gasteiger partial charge in [-0.15, -0.1) is 0 Å². The van der Waals surface area contributed by atoms with E-state index in [1.807, 2.05) is 20.8 Å². The molecule has 7 N–H and O–H groups in total. The van der Waals surface area contributed by atoms with Crippen LogP contribution in [0.2, 0.25) is 0 Å². The summed E-state index contributed by atoms with van der Waals surface area (Å²) in [6.07, 6.45) is 7.01. The van der Waals surface area contributed by atoms with Crippen molar-refractivity contribution in [3.63, 3.8) is 0 Å². The topological polar surface area (TPSA) is 192 Å². The Morgan fingerprint density at radius 3 is 2.15 bits per heavy atom. The minimum atomic E-state index is -1.32. The van der Waals surface area contributed by atoms with Crippen molar-refractivity contribution < 1.29 is 33.8 Å². The van der Waals surface area contributed by atoms with E-state index in [1.54, 1.807) is 14.0 Å². The molecule has 48 heavy (non-hydrogen) atoms. The highest BCUT2D eigenvalue weighted by molar-refractivity contribution is 5.96. The Labute approximate surface area is 287 Å². The Hall–Kier alpha value is -2.77. The van der Waals surface area contributed by atoms with Crippen molar-refractivity contribution in [2.24, 2.45) is 23.5 Å². The minimum absolute atomic E-state index is 0.0681. The fraction of sp³-hybridized carbons (Fsp3) is 0.857. The van der Waals surface area contributed by atoms with Crippen molar-refractivity contribution >= 4 is 29.5 Å². The average molecular weight is 681 g/mol. The second-order valence-corrected chi connectivity index (χ2v) is 14.4. The monoisotopic (exact) mass is 680 g/mol. The summed E-state index contributed by atoms with van der Waals surface area (Å²) in [5.74, 6) is -3.27. The van der Waals surface area contributed by atoms with Gasteiger partial charge in [0.25, 0.3) is 0 Å². The molecular weight excluding hydrogens is 616 g/mol. The molecule has 0 bridgehead atoms. The lowest BCUT2D eigenvalue weighted by atomic mass is 9.83. The molecule has 8 atom stereocenters. The number of hydrogen-bond donors (Lipinski definition) is 6. The zero-order chi connectivity index (χ0) is 36.0. The smallest absolute Gasteiger partial charge is 0.245 e. The highest BCUT2D eigenvalue weighted by atomic mass is 16.5. The molecule has 1 aliphatic carbocycles. The van der Waals surface area contributed by atoms with Crippen LogP contribution in [-0.2, 0) is 28.7 Å². The molecule has 1 saturated carbocycles. The van der Waals surface area contributed by atoms with Crippen LogP contribution in [0.3, 0.4) is 0 Å². The summed E-state index contributed by atoms with van der Waals surface area (Å²) >= 11 is 0. The standard InChI is InChI=1S/C35H64N6O7/c1-8-9-10-14-17-28-23(5)35(47)41(7)27(18-21(2)3)32(44)40-30(25-15-12-11-13-16-25)34(46)38-26(19-36)31(43)39-29(24(6)42)33(45)37-20-22(4)48-28/h21-30,42H,8-20,36H2,1-7H3,(H,37,45)(H,38,46)(H,39,43)(H,40,44)/t22-,23+,24-,26-,27-,28+,29-,30-/m0/s1. The molecule has 0 spiro atoms. The predicted octanol–water partition coefficient (Wildman–Crippen LogP) is 1.74. The van der Waals surface area contributed by atoms with Crippen molar-refractivity contribution in [1.82, 2.24) is 26.2 Å². The number of aliphatic hydroxyl groups excluding tert-OH is 1. The molecule has 1 heterocycles. The molecule has 1 aliphatic heterocycles. The molecule has 0 aromatic carbocycles. The summed E-state index contributed by atoms with van der Waals surface area (Å²) in [4.78, 5) is 70.0. The Morgan fingerprint density at radius 1 is 0.896 bits per heavy atom. The van der Waals surface area contributed by atoms with E-state index in [2.05, 4.69) is 28.2 Å². The van der Waals surface area contributed by atoms with Crippen molar-refractivity contribution in [3.8, 4) is 0 Å². The third kappa shape index (κ3) is 12.6. The molecule has 2 aliphatic rings. The van der Waals surface area contributed by atoms with Gasteiger partial charge in [0.1, 0.15) is 24.2 Å². The summed E-state index contributed by atoms with van der Waals surface area (Å²) in [6, 6.07) is -4.33. The van der Waals surface area contributed by atoms with E-state index < -0.39 is 72.0 Å². The Balaban J connectivity index is 2.55. The fourth-order valence-electron chi connectivity index (χ4n) is 6.70. The number of nitrogens with one attached hydrogen (secondary N) is 4. The van der Waals surface area contributed by atoms with E-state index in [9.17, 15) is 29.1 Å². The van der Waals surface area contributed by atoms with Crippen LogP contribution >= 0.6 is 0 Å². The molecular formula is C35H64N6O7. The number of carbonyl (C=O) groups is 5. The van der Waals surface area contributed by atoms with Gasteiger partial charge >= 0.3 is 0 Å². The number of unbranched alkanes of at least 4 members (excludes halogenated alkanes) is 3. The molecule has 0 unspecified atom stereocenters. The van der Waals surface area contributed by atoms with Gasteiger partial charge in [-0.3, -0.25) is 24.0 Å². The number of carbonyl (C=O) groups excluding carboxylic acids is 5. The first kappa shape index (κ1) is 41.4. The largest absolute Gasteiger partial charge is 0.391 e. The lowest BCUT2D eigenvalue weighted by molar-refractivity contribution is -0.148. The van der Waals surface area contributed by atoms with Crippen molar-refractivity contribution in [1.29, 1.82) is 0 Å². The maximum absolute atomic E-state index is 14.1. The summed E-state index contributed by atoms with van der Waals surface area (Å²) < 4.78 is 6.40. The lowest BCUT2D eigenvalue weighted by Gasteiger charge is -2.36. The maximum atomic E-state index is 14.1. The van der Waals surface area contributed by atoms with Gasteiger partial charge in [-0.1, -0.05) is 72.6 Å². The van der Waals surface area contributed by atoms with Crippen LogP contribution in [-0.4, -0.2) is 102 Å². The predicted molar refractivity (Wildman–Crippen MR) is 184 cm³/mol. The number of nitrogens with zero attached hydrogens (tertiary/aromatic N) is 1. The number of hydrogen-bond acceptors (Lipinski definition) is 8. The van der Waals surface area contributed by atoms with Crippen molar-refractivity contribution in [3.05, 3.63) is 0 Å². The highest BCUT2D eigenvalue weighted by Gasteiger charge is 2.39. The SMILES string of the molecule is CCCCCC[C@H]1O[C@@H](C)CNC(=O)[C@H]([C@H](C)O)NC(=O)[C@H](CN)NC(=O)[C@H](C2CCCCC2)NC(=O)[C@H](CC(C)C)N(C)C(=O)[C@@H]1C. The lowest BCUT2D eigenvalue weighted by Crippen LogP contribution is -2.62. The molecule has 0 aromatic rings. The molecule has 13 nitrogen and oxygen atoms in total. The molecule has 0 radical (unpaired) electrons. The first-order valence-electron chi connectivity index (χ1n) is 18.2. The Kier molecular flexibility index (Phi) is 17.8. The number of amides is 5. The van der Waals surface area contributed by atoms with Crippen LogP contribution in [0.25, 0.3) is 0 Å². The summed E-state index contributed by atoms with van der Waals surface area (Å²) in [5.41, 5.74) is 5.92. The maximum Gasteiger partial charge on any atom is 0.245 e. The van der Waals surface area contributed by atoms with Crippen LogP contribution in [0.15, 0.2) is 0 Å². The average Bonchev–Trinajstić information content (AvgIpc) is 3.05. The van der Waals surface area contributed by atoms with E-state index in [0.717, 1.165) is 57.8 Å². The summed E-state index contributed by atoms with van der Waals surface area (Å²) in [5, 5.41) is 21.4. The summed E-state index contributed by atoms with van der Waals surface area (Å²) in [6.45, 7) is 10.9. The van der Waals surface area contributed by atoms with Crippen molar-refractivity contribution in [2.45, 2.75) is 155 Å². The first-order chi connectivity index (χ1) is 22.7. The second-order valence-electron chi connectivity index (χ2n) is 14.4. The van der Waals surface area contributed by atoms with E-state index in [-0.39, 0.29) is 30.8 Å². The number of ether oxygens (including phenoxy) is 1. The molecule has 2 fully saturated rings. The summed E-state index contributed by atoms with van der Waals surface area (Å²) in [7, 11) is 1.63. The van der Waals surface area contributed by atoms with Crippen LogP contribution in [0.5, 0.6) is 0 Å². The van der Waals surface area contributed by atoms with Gasteiger partial charge < -0.3 is 41.7 Å². The van der Waals surface area contributed by atoms with E-state index >= 15 is 0 Å².